The number of piperidine rings is 1. The van der Waals surface area contributed by atoms with Crippen LogP contribution < -0.4 is 10.2 Å². The fraction of sp³-hybridized carbons (Fsp3) is 0.421. The molecule has 0 unspecified atom stereocenters. The van der Waals surface area contributed by atoms with Gasteiger partial charge in [0.1, 0.15) is 12.0 Å². The van der Waals surface area contributed by atoms with Gasteiger partial charge in [0, 0.05) is 37.1 Å². The van der Waals surface area contributed by atoms with Gasteiger partial charge in [-0.1, -0.05) is 0 Å². The number of methoxy groups -OCH3 is 1. The third kappa shape index (κ3) is 4.76. The number of anilines is 3. The number of aryl methyl sites for hydroxylation is 1. The van der Waals surface area contributed by atoms with Crippen molar-refractivity contribution in [1.29, 1.82) is 0 Å². The standard InChI is InChI=1S/C19H21F3N4O3/c1-12-9-18(23-11-17(12)26(27)28)24-13-3-4-16(15(10-13)19(20,21)22)25-7-5-14(29-2)6-8-25/h3-4,9-11,14H,5-8H2,1-2H3,(H,23,24). The van der Waals surface area contributed by atoms with Gasteiger partial charge in [0.25, 0.3) is 5.69 Å². The Bertz CT molecular complexity index is 897. The number of ether oxygens (including phenoxy) is 1. The number of nitrogens with one attached hydrogen (secondary N) is 1. The predicted molar refractivity (Wildman–Crippen MR) is 103 cm³/mol. The van der Waals surface area contributed by atoms with Crippen molar-refractivity contribution >= 4 is 22.9 Å². The Morgan fingerprint density at radius 2 is 1.97 bits per heavy atom. The number of alkyl halides is 3. The van der Waals surface area contributed by atoms with E-state index in [1.807, 2.05) is 0 Å². The zero-order valence-electron chi connectivity index (χ0n) is 16.0. The second kappa shape index (κ2) is 8.24. The Balaban J connectivity index is 1.86. The summed E-state index contributed by atoms with van der Waals surface area (Å²) in [7, 11) is 1.61. The van der Waals surface area contributed by atoms with E-state index in [4.69, 9.17) is 4.74 Å². The monoisotopic (exact) mass is 410 g/mol. The number of aromatic nitrogens is 1. The lowest BCUT2D eigenvalue weighted by Gasteiger charge is -2.34. The van der Waals surface area contributed by atoms with Crippen molar-refractivity contribution in [2.75, 3.05) is 30.4 Å². The van der Waals surface area contributed by atoms with Crippen LogP contribution in [0, 0.1) is 17.0 Å². The van der Waals surface area contributed by atoms with Gasteiger partial charge in [0.05, 0.1) is 16.6 Å². The average Bonchev–Trinajstić information content (AvgIpc) is 2.67. The highest BCUT2D eigenvalue weighted by molar-refractivity contribution is 5.66. The van der Waals surface area contributed by atoms with Crippen LogP contribution in [0.2, 0.25) is 0 Å². The Kier molecular flexibility index (Phi) is 5.92. The van der Waals surface area contributed by atoms with Crippen molar-refractivity contribution in [3.63, 3.8) is 0 Å². The Labute approximate surface area is 165 Å². The zero-order valence-corrected chi connectivity index (χ0v) is 16.0. The van der Waals surface area contributed by atoms with Crippen molar-refractivity contribution in [2.45, 2.75) is 32.0 Å². The van der Waals surface area contributed by atoms with Crippen LogP contribution in [0.15, 0.2) is 30.5 Å². The Morgan fingerprint density at radius 3 is 2.52 bits per heavy atom. The number of hydrogen-bond donors (Lipinski definition) is 1. The van der Waals surface area contributed by atoms with E-state index in [9.17, 15) is 23.3 Å². The molecular weight excluding hydrogens is 389 g/mol. The molecule has 2 aromatic rings. The number of rotatable bonds is 5. The molecule has 0 aliphatic carbocycles. The molecule has 0 spiro atoms. The largest absolute Gasteiger partial charge is 0.418 e. The summed E-state index contributed by atoms with van der Waals surface area (Å²) in [5, 5.41) is 13.7. The quantitative estimate of drug-likeness (QED) is 0.570. The minimum atomic E-state index is -4.52. The van der Waals surface area contributed by atoms with Crippen molar-refractivity contribution in [3.8, 4) is 0 Å². The molecule has 2 heterocycles. The van der Waals surface area contributed by atoms with Gasteiger partial charge >= 0.3 is 6.18 Å². The Morgan fingerprint density at radius 1 is 1.28 bits per heavy atom. The topological polar surface area (TPSA) is 80.5 Å². The summed E-state index contributed by atoms with van der Waals surface area (Å²) >= 11 is 0. The lowest BCUT2D eigenvalue weighted by atomic mass is 10.0. The fourth-order valence-electron chi connectivity index (χ4n) is 3.41. The molecule has 1 aromatic carbocycles. The zero-order chi connectivity index (χ0) is 21.2. The molecule has 1 aliphatic rings. The van der Waals surface area contributed by atoms with Gasteiger partial charge < -0.3 is 15.0 Å². The third-order valence-corrected chi connectivity index (χ3v) is 4.97. The van der Waals surface area contributed by atoms with Gasteiger partial charge in [-0.2, -0.15) is 13.2 Å². The molecule has 0 amide bonds. The summed E-state index contributed by atoms with van der Waals surface area (Å²) in [4.78, 5) is 16.0. The number of nitro groups is 1. The molecule has 3 rings (SSSR count). The summed E-state index contributed by atoms with van der Waals surface area (Å²) in [6.45, 7) is 2.51. The van der Waals surface area contributed by atoms with E-state index in [1.54, 1.807) is 25.0 Å². The van der Waals surface area contributed by atoms with Crippen LogP contribution in [-0.4, -0.2) is 36.2 Å². The van der Waals surface area contributed by atoms with Gasteiger partial charge in [-0.3, -0.25) is 10.1 Å². The van der Waals surface area contributed by atoms with Crippen LogP contribution >= 0.6 is 0 Å². The molecule has 1 saturated heterocycles. The number of benzene rings is 1. The van der Waals surface area contributed by atoms with E-state index < -0.39 is 16.7 Å². The van der Waals surface area contributed by atoms with E-state index >= 15 is 0 Å². The Hall–Kier alpha value is -2.88. The van der Waals surface area contributed by atoms with Crippen molar-refractivity contribution in [1.82, 2.24) is 4.98 Å². The summed E-state index contributed by atoms with van der Waals surface area (Å²) in [6, 6.07) is 5.45. The van der Waals surface area contributed by atoms with E-state index in [-0.39, 0.29) is 29.0 Å². The molecule has 156 valence electrons. The molecule has 1 fully saturated rings. The number of hydrogen-bond acceptors (Lipinski definition) is 6. The highest BCUT2D eigenvalue weighted by atomic mass is 19.4. The normalized spacial score (nSPS) is 15.4. The number of nitrogens with zero attached hydrogens (tertiary/aromatic N) is 3. The molecule has 0 atom stereocenters. The first-order valence-corrected chi connectivity index (χ1v) is 9.06. The molecule has 1 aromatic heterocycles. The SMILES string of the molecule is COC1CCN(c2ccc(Nc3cc(C)c([N+](=O)[O-])cn3)cc2C(F)(F)F)CC1. The number of pyridine rings is 1. The second-order valence-electron chi connectivity index (χ2n) is 6.89. The molecule has 10 heteroatoms. The second-order valence-corrected chi connectivity index (χ2v) is 6.89. The minimum Gasteiger partial charge on any atom is -0.381 e. The predicted octanol–water partition coefficient (Wildman–Crippen LogP) is 4.68. The van der Waals surface area contributed by atoms with Crippen LogP contribution in [0.1, 0.15) is 24.0 Å². The van der Waals surface area contributed by atoms with Crippen LogP contribution in [0.5, 0.6) is 0 Å². The first-order chi connectivity index (χ1) is 13.7. The van der Waals surface area contributed by atoms with Crippen LogP contribution in [0.4, 0.5) is 36.1 Å². The van der Waals surface area contributed by atoms with Gasteiger partial charge in [0.15, 0.2) is 0 Å². The van der Waals surface area contributed by atoms with E-state index in [0.29, 0.717) is 31.5 Å². The summed E-state index contributed by atoms with van der Waals surface area (Å²) in [5.41, 5.74) is -0.196. The molecule has 0 radical (unpaired) electrons. The molecule has 0 saturated carbocycles. The molecule has 29 heavy (non-hydrogen) atoms. The molecular formula is C19H21F3N4O3. The maximum Gasteiger partial charge on any atom is 0.418 e. The van der Waals surface area contributed by atoms with Crippen molar-refractivity contribution in [3.05, 3.63) is 51.7 Å². The van der Waals surface area contributed by atoms with E-state index in [2.05, 4.69) is 10.3 Å². The summed E-state index contributed by atoms with van der Waals surface area (Å²) in [6.07, 6.45) is -2.04. The van der Waals surface area contributed by atoms with Crippen molar-refractivity contribution < 1.29 is 22.8 Å². The first-order valence-electron chi connectivity index (χ1n) is 9.06. The fourth-order valence-corrected chi connectivity index (χ4v) is 3.41. The smallest absolute Gasteiger partial charge is 0.381 e. The van der Waals surface area contributed by atoms with E-state index in [1.165, 1.54) is 12.1 Å². The lowest BCUT2D eigenvalue weighted by Crippen LogP contribution is -2.37. The average molecular weight is 410 g/mol. The number of halogens is 3. The summed E-state index contributed by atoms with van der Waals surface area (Å²) < 4.78 is 46.4. The van der Waals surface area contributed by atoms with Crippen molar-refractivity contribution in [2.24, 2.45) is 0 Å². The highest BCUT2D eigenvalue weighted by Crippen LogP contribution is 2.39. The van der Waals surface area contributed by atoms with Gasteiger partial charge in [-0.15, -0.1) is 0 Å². The summed E-state index contributed by atoms with van der Waals surface area (Å²) in [5.74, 6) is 0.231. The maximum atomic E-state index is 13.7. The first kappa shape index (κ1) is 20.8. The van der Waals surface area contributed by atoms with Gasteiger partial charge in [-0.05, 0) is 44.0 Å². The maximum absolute atomic E-state index is 13.7. The molecule has 1 N–H and O–H groups in total. The third-order valence-electron chi connectivity index (χ3n) is 4.97. The van der Waals surface area contributed by atoms with E-state index in [0.717, 1.165) is 12.3 Å². The van der Waals surface area contributed by atoms with Gasteiger partial charge in [-0.25, -0.2) is 4.98 Å². The minimum absolute atomic E-state index is 0.0676. The molecule has 1 aliphatic heterocycles. The van der Waals surface area contributed by atoms with Crippen LogP contribution in [-0.2, 0) is 10.9 Å². The van der Waals surface area contributed by atoms with Crippen LogP contribution in [0.25, 0.3) is 0 Å². The lowest BCUT2D eigenvalue weighted by molar-refractivity contribution is -0.385. The molecule has 0 bridgehead atoms. The molecule has 7 nitrogen and oxygen atoms in total. The van der Waals surface area contributed by atoms with Crippen LogP contribution in [0.3, 0.4) is 0 Å². The van der Waals surface area contributed by atoms with Gasteiger partial charge in [0.2, 0.25) is 0 Å². The highest BCUT2D eigenvalue weighted by Gasteiger charge is 2.36.